The van der Waals surface area contributed by atoms with Crippen molar-refractivity contribution < 1.29 is 0 Å². The van der Waals surface area contributed by atoms with Gasteiger partial charge in [-0.3, -0.25) is 10.00 Å². The van der Waals surface area contributed by atoms with Gasteiger partial charge in [0.05, 0.1) is 11.2 Å². The molecule has 5 heteroatoms. The standard InChI is InChI=1S/C11H14N4S/c1-3-13-14-11(1)9-2-4-15(5-9)6-10-7-16-8-12-10/h1,3,7-9H,2,4-6H2,(H,13,14)/t9-/m1/s1. The Morgan fingerprint density at radius 3 is 3.31 bits per heavy atom. The molecule has 0 radical (unpaired) electrons. The maximum absolute atomic E-state index is 4.32. The molecule has 2 aromatic heterocycles. The average molecular weight is 234 g/mol. The first kappa shape index (κ1) is 9.99. The molecule has 1 aliphatic heterocycles. The SMILES string of the molecule is c1cc([C@@H]2CCN(Cc3cscn3)C2)[nH]n1. The number of nitrogens with zero attached hydrogens (tertiary/aromatic N) is 3. The van der Waals surface area contributed by atoms with Gasteiger partial charge in [-0.15, -0.1) is 11.3 Å². The summed E-state index contributed by atoms with van der Waals surface area (Å²) in [5.74, 6) is 0.612. The monoisotopic (exact) mass is 234 g/mol. The Balaban J connectivity index is 1.61. The van der Waals surface area contributed by atoms with Crippen LogP contribution in [0.25, 0.3) is 0 Å². The number of H-pyrrole nitrogens is 1. The van der Waals surface area contributed by atoms with Gasteiger partial charge in [-0.25, -0.2) is 4.98 Å². The molecule has 16 heavy (non-hydrogen) atoms. The van der Waals surface area contributed by atoms with Crippen molar-refractivity contribution in [2.24, 2.45) is 0 Å². The summed E-state index contributed by atoms with van der Waals surface area (Å²) in [5.41, 5.74) is 4.36. The molecular formula is C11H14N4S. The molecule has 1 atom stereocenters. The smallest absolute Gasteiger partial charge is 0.0795 e. The normalized spacial score (nSPS) is 21.6. The van der Waals surface area contributed by atoms with Crippen molar-refractivity contribution in [2.75, 3.05) is 13.1 Å². The van der Waals surface area contributed by atoms with Crippen LogP contribution < -0.4 is 0 Å². The highest BCUT2D eigenvalue weighted by Crippen LogP contribution is 2.26. The zero-order valence-corrected chi connectivity index (χ0v) is 9.78. The van der Waals surface area contributed by atoms with Gasteiger partial charge in [0.1, 0.15) is 0 Å². The number of aromatic amines is 1. The minimum Gasteiger partial charge on any atom is -0.297 e. The first-order valence-corrected chi connectivity index (χ1v) is 6.45. The second-order valence-corrected chi connectivity index (χ2v) is 4.93. The predicted octanol–water partition coefficient (Wildman–Crippen LogP) is 1.86. The highest BCUT2D eigenvalue weighted by Gasteiger charge is 2.24. The van der Waals surface area contributed by atoms with Gasteiger partial charge in [0, 0.05) is 36.3 Å². The van der Waals surface area contributed by atoms with E-state index < -0.39 is 0 Å². The Morgan fingerprint density at radius 1 is 1.56 bits per heavy atom. The number of hydrogen-bond acceptors (Lipinski definition) is 4. The van der Waals surface area contributed by atoms with Crippen LogP contribution in [0.1, 0.15) is 23.7 Å². The van der Waals surface area contributed by atoms with E-state index in [2.05, 4.69) is 31.5 Å². The summed E-state index contributed by atoms with van der Waals surface area (Å²) in [4.78, 5) is 6.78. The molecule has 3 heterocycles. The third-order valence-corrected chi connectivity index (χ3v) is 3.74. The minimum atomic E-state index is 0.612. The van der Waals surface area contributed by atoms with Crippen LogP contribution in [-0.4, -0.2) is 33.2 Å². The maximum atomic E-state index is 4.32. The van der Waals surface area contributed by atoms with Crippen LogP contribution in [-0.2, 0) is 6.54 Å². The molecule has 1 aliphatic rings. The summed E-state index contributed by atoms with van der Waals surface area (Å²) >= 11 is 1.67. The van der Waals surface area contributed by atoms with Gasteiger partial charge in [0.25, 0.3) is 0 Å². The highest BCUT2D eigenvalue weighted by molar-refractivity contribution is 7.07. The van der Waals surface area contributed by atoms with Crippen LogP contribution in [0, 0.1) is 0 Å². The molecule has 1 fully saturated rings. The summed E-state index contributed by atoms with van der Waals surface area (Å²) in [5, 5.41) is 9.21. The summed E-state index contributed by atoms with van der Waals surface area (Å²) in [7, 11) is 0. The molecule has 2 aromatic rings. The topological polar surface area (TPSA) is 44.8 Å². The van der Waals surface area contributed by atoms with Gasteiger partial charge in [-0.2, -0.15) is 5.10 Å². The van der Waals surface area contributed by atoms with E-state index in [1.807, 2.05) is 11.7 Å². The highest BCUT2D eigenvalue weighted by atomic mass is 32.1. The average Bonchev–Trinajstić information content (AvgIpc) is 2.99. The molecule has 0 unspecified atom stereocenters. The minimum absolute atomic E-state index is 0.612. The van der Waals surface area contributed by atoms with E-state index in [4.69, 9.17) is 0 Å². The Morgan fingerprint density at radius 2 is 2.56 bits per heavy atom. The molecule has 0 bridgehead atoms. The Hall–Kier alpha value is -1.20. The second kappa shape index (κ2) is 4.35. The molecule has 0 aromatic carbocycles. The fourth-order valence-corrected chi connectivity index (χ4v) is 2.82. The van der Waals surface area contributed by atoms with E-state index in [1.165, 1.54) is 17.8 Å². The molecule has 0 aliphatic carbocycles. The molecule has 4 nitrogen and oxygen atoms in total. The first-order chi connectivity index (χ1) is 7.92. The van der Waals surface area contributed by atoms with Crippen molar-refractivity contribution in [1.82, 2.24) is 20.1 Å². The van der Waals surface area contributed by atoms with Crippen LogP contribution in [0.4, 0.5) is 0 Å². The molecular weight excluding hydrogens is 220 g/mol. The fourth-order valence-electron chi connectivity index (χ4n) is 2.27. The quantitative estimate of drug-likeness (QED) is 0.881. The fraction of sp³-hybridized carbons (Fsp3) is 0.455. The van der Waals surface area contributed by atoms with Crippen molar-refractivity contribution in [1.29, 1.82) is 0 Å². The van der Waals surface area contributed by atoms with Crippen molar-refractivity contribution in [2.45, 2.75) is 18.9 Å². The lowest BCUT2D eigenvalue weighted by molar-refractivity contribution is 0.323. The first-order valence-electron chi connectivity index (χ1n) is 5.50. The molecule has 1 N–H and O–H groups in total. The summed E-state index contributed by atoms with van der Waals surface area (Å²) < 4.78 is 0. The largest absolute Gasteiger partial charge is 0.297 e. The number of aromatic nitrogens is 3. The number of hydrogen-bond donors (Lipinski definition) is 1. The Bertz CT molecular complexity index is 423. The van der Waals surface area contributed by atoms with Crippen LogP contribution in [0.15, 0.2) is 23.2 Å². The van der Waals surface area contributed by atoms with Crippen molar-refractivity contribution >= 4 is 11.3 Å². The van der Waals surface area contributed by atoms with Crippen molar-refractivity contribution in [3.63, 3.8) is 0 Å². The lowest BCUT2D eigenvalue weighted by Gasteiger charge is -2.13. The second-order valence-electron chi connectivity index (χ2n) is 4.21. The number of thiazole rings is 1. The van der Waals surface area contributed by atoms with E-state index in [9.17, 15) is 0 Å². The summed E-state index contributed by atoms with van der Waals surface area (Å²) in [6.07, 6.45) is 3.05. The molecule has 3 rings (SSSR count). The summed E-state index contributed by atoms with van der Waals surface area (Å²) in [6.45, 7) is 3.25. The number of nitrogens with one attached hydrogen (secondary N) is 1. The third-order valence-electron chi connectivity index (χ3n) is 3.10. The Labute approximate surface area is 98.3 Å². The number of likely N-dealkylation sites (tertiary alicyclic amines) is 1. The van der Waals surface area contributed by atoms with Gasteiger partial charge in [0.15, 0.2) is 0 Å². The number of rotatable bonds is 3. The maximum Gasteiger partial charge on any atom is 0.0795 e. The zero-order valence-electron chi connectivity index (χ0n) is 8.97. The van der Waals surface area contributed by atoms with E-state index in [0.29, 0.717) is 5.92 Å². The molecule has 0 amide bonds. The van der Waals surface area contributed by atoms with Gasteiger partial charge in [-0.05, 0) is 19.0 Å². The van der Waals surface area contributed by atoms with E-state index >= 15 is 0 Å². The van der Waals surface area contributed by atoms with Crippen molar-refractivity contribution in [3.05, 3.63) is 34.5 Å². The lowest BCUT2D eigenvalue weighted by atomic mass is 10.1. The van der Waals surface area contributed by atoms with Crippen LogP contribution in [0.5, 0.6) is 0 Å². The lowest BCUT2D eigenvalue weighted by Crippen LogP contribution is -2.19. The molecule has 84 valence electrons. The zero-order chi connectivity index (χ0) is 10.8. The summed E-state index contributed by atoms with van der Waals surface area (Å²) in [6, 6.07) is 2.08. The third kappa shape index (κ3) is 2.01. The van der Waals surface area contributed by atoms with E-state index in [1.54, 1.807) is 11.3 Å². The van der Waals surface area contributed by atoms with E-state index in [0.717, 1.165) is 19.6 Å². The van der Waals surface area contributed by atoms with Crippen LogP contribution in [0.2, 0.25) is 0 Å². The molecule has 0 saturated carbocycles. The van der Waals surface area contributed by atoms with Crippen LogP contribution >= 0.6 is 11.3 Å². The molecule has 1 saturated heterocycles. The Kier molecular flexibility index (Phi) is 2.71. The van der Waals surface area contributed by atoms with Gasteiger partial charge in [-0.1, -0.05) is 0 Å². The predicted molar refractivity (Wildman–Crippen MR) is 63.3 cm³/mol. The van der Waals surface area contributed by atoms with E-state index in [-0.39, 0.29) is 0 Å². The van der Waals surface area contributed by atoms with Gasteiger partial charge >= 0.3 is 0 Å². The van der Waals surface area contributed by atoms with Gasteiger partial charge < -0.3 is 0 Å². The van der Waals surface area contributed by atoms with Gasteiger partial charge in [0.2, 0.25) is 0 Å². The molecule has 0 spiro atoms. The van der Waals surface area contributed by atoms with Crippen LogP contribution in [0.3, 0.4) is 0 Å². The van der Waals surface area contributed by atoms with Crippen molar-refractivity contribution in [3.8, 4) is 0 Å².